The molecule has 2 aromatic heterocycles. The van der Waals surface area contributed by atoms with Crippen molar-refractivity contribution < 1.29 is 13.2 Å². The fourth-order valence-electron chi connectivity index (χ4n) is 2.20. The molecule has 0 radical (unpaired) electrons. The molecule has 0 saturated carbocycles. The van der Waals surface area contributed by atoms with E-state index >= 15 is 0 Å². The highest BCUT2D eigenvalue weighted by Crippen LogP contribution is 2.20. The Hall–Kier alpha value is -2.57. The second-order valence-corrected chi connectivity index (χ2v) is 4.88. The summed E-state index contributed by atoms with van der Waals surface area (Å²) in [6, 6.07) is 9.66. The Morgan fingerprint density at radius 3 is 2.55 bits per heavy atom. The maximum absolute atomic E-state index is 12.5. The van der Waals surface area contributed by atoms with E-state index in [0.29, 0.717) is 5.82 Å². The average molecular weight is 306 g/mol. The lowest BCUT2D eigenvalue weighted by Gasteiger charge is -2.10. The van der Waals surface area contributed by atoms with E-state index in [1.54, 1.807) is 17.1 Å². The van der Waals surface area contributed by atoms with Gasteiger partial charge >= 0.3 is 6.18 Å². The predicted octanol–water partition coefficient (Wildman–Crippen LogP) is 3.36. The summed E-state index contributed by atoms with van der Waals surface area (Å²) in [5.41, 5.74) is 1.92. The van der Waals surface area contributed by atoms with Gasteiger partial charge in [-0.05, 0) is 5.56 Å². The van der Waals surface area contributed by atoms with Gasteiger partial charge in [0.2, 0.25) is 0 Å². The van der Waals surface area contributed by atoms with Crippen LogP contribution in [0, 0.1) is 0 Å². The van der Waals surface area contributed by atoms with Crippen LogP contribution < -0.4 is 0 Å². The largest absolute Gasteiger partial charge is 0.406 e. The minimum Gasteiger partial charge on any atom is -0.324 e. The number of imidazole rings is 1. The van der Waals surface area contributed by atoms with Crippen molar-refractivity contribution in [3.63, 3.8) is 0 Å². The second kappa shape index (κ2) is 5.67. The van der Waals surface area contributed by atoms with Crippen molar-refractivity contribution in [2.24, 2.45) is 0 Å². The average Bonchev–Trinajstić information content (AvgIpc) is 3.09. The van der Waals surface area contributed by atoms with E-state index < -0.39 is 12.7 Å². The van der Waals surface area contributed by atoms with E-state index in [2.05, 4.69) is 10.1 Å². The van der Waals surface area contributed by atoms with Crippen molar-refractivity contribution in [2.75, 3.05) is 0 Å². The molecule has 1 aromatic carbocycles. The predicted molar refractivity (Wildman–Crippen MR) is 75.0 cm³/mol. The summed E-state index contributed by atoms with van der Waals surface area (Å²) < 4.78 is 40.1. The van der Waals surface area contributed by atoms with Gasteiger partial charge in [-0.15, -0.1) is 0 Å². The van der Waals surface area contributed by atoms with Gasteiger partial charge in [-0.25, -0.2) is 4.98 Å². The fraction of sp³-hybridized carbons (Fsp3) is 0.200. The van der Waals surface area contributed by atoms with Crippen LogP contribution in [-0.4, -0.2) is 25.5 Å². The monoisotopic (exact) mass is 306 g/mol. The molecule has 0 amide bonds. The van der Waals surface area contributed by atoms with Gasteiger partial charge in [-0.2, -0.15) is 18.3 Å². The zero-order valence-corrected chi connectivity index (χ0v) is 11.5. The summed E-state index contributed by atoms with van der Waals surface area (Å²) >= 11 is 0. The summed E-state index contributed by atoms with van der Waals surface area (Å²) in [5, 5.41) is 4.19. The Kier molecular flexibility index (Phi) is 3.70. The zero-order chi connectivity index (χ0) is 15.6. The Bertz CT molecular complexity index is 743. The third-order valence-corrected chi connectivity index (χ3v) is 3.20. The van der Waals surface area contributed by atoms with Crippen molar-refractivity contribution in [3.8, 4) is 11.1 Å². The summed E-state index contributed by atoms with van der Waals surface area (Å²) in [4.78, 5) is 3.98. The van der Waals surface area contributed by atoms with E-state index in [1.807, 2.05) is 30.3 Å². The van der Waals surface area contributed by atoms with Crippen molar-refractivity contribution in [1.82, 2.24) is 19.3 Å². The lowest BCUT2D eigenvalue weighted by Crippen LogP contribution is -2.20. The summed E-state index contributed by atoms with van der Waals surface area (Å²) in [6.07, 6.45) is 1.90. The molecule has 3 aromatic rings. The molecular weight excluding hydrogens is 293 g/mol. The van der Waals surface area contributed by atoms with E-state index in [0.717, 1.165) is 15.7 Å². The van der Waals surface area contributed by atoms with Crippen LogP contribution in [0.2, 0.25) is 0 Å². The van der Waals surface area contributed by atoms with Gasteiger partial charge in [0, 0.05) is 24.2 Å². The summed E-state index contributed by atoms with van der Waals surface area (Å²) in [5.74, 6) is 0.319. The molecule has 0 aliphatic carbocycles. The minimum absolute atomic E-state index is 0.190. The summed E-state index contributed by atoms with van der Waals surface area (Å²) in [6.45, 7) is -0.856. The number of halogens is 3. The number of nitrogens with zero attached hydrogens (tertiary/aromatic N) is 4. The molecule has 2 heterocycles. The number of hydrogen-bond donors (Lipinski definition) is 0. The molecule has 4 nitrogen and oxygen atoms in total. The number of benzene rings is 1. The first kappa shape index (κ1) is 14.4. The first-order chi connectivity index (χ1) is 10.5. The molecule has 0 aliphatic rings. The topological polar surface area (TPSA) is 35.6 Å². The quantitative estimate of drug-likeness (QED) is 0.741. The molecule has 0 saturated heterocycles. The van der Waals surface area contributed by atoms with Crippen LogP contribution in [0.1, 0.15) is 5.82 Å². The molecule has 0 bridgehead atoms. The van der Waals surface area contributed by atoms with Crippen molar-refractivity contribution in [2.45, 2.75) is 19.3 Å². The lowest BCUT2D eigenvalue weighted by molar-refractivity contribution is -0.141. The normalized spacial score (nSPS) is 11.8. The van der Waals surface area contributed by atoms with E-state index in [4.69, 9.17) is 0 Å². The third-order valence-electron chi connectivity index (χ3n) is 3.20. The van der Waals surface area contributed by atoms with Crippen LogP contribution in [0.4, 0.5) is 13.2 Å². The van der Waals surface area contributed by atoms with Crippen molar-refractivity contribution >= 4 is 0 Å². The molecular formula is C15H13F3N4. The van der Waals surface area contributed by atoms with Crippen LogP contribution in [0.3, 0.4) is 0 Å². The molecule has 7 heteroatoms. The molecule has 0 fully saturated rings. The number of aromatic nitrogens is 4. The van der Waals surface area contributed by atoms with Crippen LogP contribution in [0.25, 0.3) is 11.1 Å². The van der Waals surface area contributed by atoms with Crippen LogP contribution in [0.15, 0.2) is 55.1 Å². The van der Waals surface area contributed by atoms with Crippen LogP contribution in [0.5, 0.6) is 0 Å². The minimum atomic E-state index is -4.27. The smallest absolute Gasteiger partial charge is 0.324 e. The molecule has 0 spiro atoms. The van der Waals surface area contributed by atoms with Gasteiger partial charge in [0.15, 0.2) is 0 Å². The highest BCUT2D eigenvalue weighted by atomic mass is 19.4. The maximum atomic E-state index is 12.5. The van der Waals surface area contributed by atoms with E-state index in [1.165, 1.54) is 12.4 Å². The SMILES string of the molecule is FC(F)(F)Cn1ccnc1Cn1cc(-c2ccccc2)cn1. The van der Waals surface area contributed by atoms with Gasteiger partial charge in [0.1, 0.15) is 12.4 Å². The van der Waals surface area contributed by atoms with Gasteiger partial charge in [-0.3, -0.25) is 4.68 Å². The fourth-order valence-corrected chi connectivity index (χ4v) is 2.20. The molecule has 22 heavy (non-hydrogen) atoms. The highest BCUT2D eigenvalue weighted by molar-refractivity contribution is 5.61. The van der Waals surface area contributed by atoms with Crippen LogP contribution >= 0.6 is 0 Å². The van der Waals surface area contributed by atoms with Crippen molar-refractivity contribution in [3.05, 3.63) is 60.9 Å². The van der Waals surface area contributed by atoms with Crippen molar-refractivity contribution in [1.29, 1.82) is 0 Å². The molecule has 0 unspecified atom stereocenters. The molecule has 0 aliphatic heterocycles. The zero-order valence-electron chi connectivity index (χ0n) is 11.5. The molecule has 0 atom stereocenters. The van der Waals surface area contributed by atoms with Crippen LogP contribution in [-0.2, 0) is 13.1 Å². The van der Waals surface area contributed by atoms with Gasteiger partial charge in [0.05, 0.1) is 12.7 Å². The molecule has 3 rings (SSSR count). The first-order valence-corrected chi connectivity index (χ1v) is 6.66. The third kappa shape index (κ3) is 3.36. The maximum Gasteiger partial charge on any atom is 0.406 e. The Labute approximate surface area is 124 Å². The van der Waals surface area contributed by atoms with Gasteiger partial charge < -0.3 is 4.57 Å². The van der Waals surface area contributed by atoms with Gasteiger partial charge in [0.25, 0.3) is 0 Å². The molecule has 114 valence electrons. The lowest BCUT2D eigenvalue weighted by atomic mass is 10.1. The molecule has 0 N–H and O–H groups in total. The first-order valence-electron chi connectivity index (χ1n) is 6.66. The highest BCUT2D eigenvalue weighted by Gasteiger charge is 2.28. The van der Waals surface area contributed by atoms with E-state index in [-0.39, 0.29) is 6.54 Å². The number of hydrogen-bond acceptors (Lipinski definition) is 2. The second-order valence-electron chi connectivity index (χ2n) is 4.88. The number of alkyl halides is 3. The van der Waals surface area contributed by atoms with Gasteiger partial charge in [-0.1, -0.05) is 30.3 Å². The standard InChI is InChI=1S/C15H13F3N4/c16-15(17,18)11-21-7-6-19-14(21)10-22-9-13(8-20-22)12-4-2-1-3-5-12/h1-9H,10-11H2. The Morgan fingerprint density at radius 2 is 1.82 bits per heavy atom. The summed E-state index contributed by atoms with van der Waals surface area (Å²) in [7, 11) is 0. The Balaban J connectivity index is 1.78. The Morgan fingerprint density at radius 1 is 1.05 bits per heavy atom. The number of rotatable bonds is 4. The van der Waals surface area contributed by atoms with E-state index in [9.17, 15) is 13.2 Å².